The van der Waals surface area contributed by atoms with Crippen LogP contribution in [-0.2, 0) is 12.8 Å². The van der Waals surface area contributed by atoms with Gasteiger partial charge >= 0.3 is 0 Å². The first-order valence-corrected chi connectivity index (χ1v) is 6.46. The van der Waals surface area contributed by atoms with E-state index in [1.54, 1.807) is 11.3 Å². The van der Waals surface area contributed by atoms with Gasteiger partial charge in [-0.15, -0.1) is 11.3 Å². The molecular weight excluding hydrogens is 204 g/mol. The van der Waals surface area contributed by atoms with Gasteiger partial charge in [0, 0.05) is 17.8 Å². The van der Waals surface area contributed by atoms with Crippen molar-refractivity contribution in [3.63, 3.8) is 0 Å². The molecule has 1 heterocycles. The minimum atomic E-state index is 0.285. The lowest BCUT2D eigenvalue weighted by molar-refractivity contribution is 0.279. The third-order valence-electron chi connectivity index (χ3n) is 2.73. The molecule has 0 saturated carbocycles. The number of nitrogens with one attached hydrogen (secondary N) is 1. The summed E-state index contributed by atoms with van der Waals surface area (Å²) in [5.74, 6) is 0. The molecule has 1 atom stereocenters. The Morgan fingerprint density at radius 2 is 2.13 bits per heavy atom. The number of aryl methyl sites for hydroxylation is 1. The summed E-state index contributed by atoms with van der Waals surface area (Å²) in [6.07, 6.45) is 2.07. The first-order chi connectivity index (χ1) is 6.97. The lowest BCUT2D eigenvalue weighted by Gasteiger charge is -2.29. The quantitative estimate of drug-likeness (QED) is 0.854. The van der Waals surface area contributed by atoms with Crippen LogP contribution in [0.2, 0.25) is 0 Å². The van der Waals surface area contributed by atoms with Crippen LogP contribution in [0.1, 0.15) is 38.4 Å². The van der Waals surface area contributed by atoms with E-state index >= 15 is 0 Å². The zero-order valence-corrected chi connectivity index (χ0v) is 11.2. The molecule has 1 unspecified atom stereocenters. The van der Waals surface area contributed by atoms with Crippen LogP contribution in [0.15, 0.2) is 5.38 Å². The molecule has 0 spiro atoms. The monoisotopic (exact) mass is 226 g/mol. The standard InChI is InChI=1S/C12H22N2S/c1-6-9-8-15-11(14-9)7-10(13-5)12(2,3)4/h8,10,13H,6-7H2,1-5H3. The predicted molar refractivity (Wildman–Crippen MR) is 67.5 cm³/mol. The smallest absolute Gasteiger partial charge is 0.0943 e. The summed E-state index contributed by atoms with van der Waals surface area (Å²) in [5, 5.41) is 6.81. The molecule has 3 heteroatoms. The molecule has 0 bridgehead atoms. The molecule has 1 aromatic heterocycles. The minimum absolute atomic E-state index is 0.285. The number of rotatable bonds is 4. The van der Waals surface area contributed by atoms with E-state index in [1.807, 2.05) is 7.05 Å². The van der Waals surface area contributed by atoms with Gasteiger partial charge < -0.3 is 5.32 Å². The van der Waals surface area contributed by atoms with Crippen molar-refractivity contribution in [3.8, 4) is 0 Å². The van der Waals surface area contributed by atoms with Crippen molar-refractivity contribution >= 4 is 11.3 Å². The summed E-state index contributed by atoms with van der Waals surface area (Å²) >= 11 is 1.78. The Labute approximate surface area is 97.1 Å². The third kappa shape index (κ3) is 3.58. The predicted octanol–water partition coefficient (Wildman–Crippen LogP) is 2.88. The van der Waals surface area contributed by atoms with Crippen molar-refractivity contribution in [2.24, 2.45) is 5.41 Å². The van der Waals surface area contributed by atoms with Crippen molar-refractivity contribution < 1.29 is 0 Å². The van der Waals surface area contributed by atoms with Crippen molar-refractivity contribution in [2.75, 3.05) is 7.05 Å². The normalized spacial score (nSPS) is 14.2. The summed E-state index contributed by atoms with van der Waals surface area (Å²) in [6, 6.07) is 0.494. The molecular formula is C12H22N2S. The fourth-order valence-electron chi connectivity index (χ4n) is 1.62. The van der Waals surface area contributed by atoms with E-state index in [-0.39, 0.29) is 5.41 Å². The Balaban J connectivity index is 2.67. The maximum absolute atomic E-state index is 4.61. The van der Waals surface area contributed by atoms with E-state index in [9.17, 15) is 0 Å². The van der Waals surface area contributed by atoms with E-state index in [0.717, 1.165) is 12.8 Å². The van der Waals surface area contributed by atoms with Gasteiger partial charge in [-0.25, -0.2) is 4.98 Å². The van der Waals surface area contributed by atoms with Crippen LogP contribution in [-0.4, -0.2) is 18.1 Å². The first-order valence-electron chi connectivity index (χ1n) is 5.58. The maximum Gasteiger partial charge on any atom is 0.0943 e. The van der Waals surface area contributed by atoms with Gasteiger partial charge in [-0.1, -0.05) is 27.7 Å². The van der Waals surface area contributed by atoms with Crippen LogP contribution < -0.4 is 5.32 Å². The molecule has 0 aliphatic heterocycles. The van der Waals surface area contributed by atoms with E-state index in [4.69, 9.17) is 0 Å². The van der Waals surface area contributed by atoms with E-state index < -0.39 is 0 Å². The number of likely N-dealkylation sites (N-methyl/N-ethyl adjacent to an activating group) is 1. The minimum Gasteiger partial charge on any atom is -0.316 e. The van der Waals surface area contributed by atoms with Crippen LogP contribution in [0.3, 0.4) is 0 Å². The van der Waals surface area contributed by atoms with Gasteiger partial charge in [0.25, 0.3) is 0 Å². The van der Waals surface area contributed by atoms with Crippen LogP contribution in [0.4, 0.5) is 0 Å². The van der Waals surface area contributed by atoms with Gasteiger partial charge in [0.2, 0.25) is 0 Å². The maximum atomic E-state index is 4.61. The number of nitrogens with zero attached hydrogens (tertiary/aromatic N) is 1. The summed E-state index contributed by atoms with van der Waals surface area (Å²) in [5.41, 5.74) is 1.51. The highest BCUT2D eigenvalue weighted by molar-refractivity contribution is 7.09. The zero-order chi connectivity index (χ0) is 11.5. The Morgan fingerprint density at radius 1 is 1.47 bits per heavy atom. The number of thiazole rings is 1. The fourth-order valence-corrected chi connectivity index (χ4v) is 2.55. The zero-order valence-electron chi connectivity index (χ0n) is 10.4. The van der Waals surface area contributed by atoms with Crippen LogP contribution in [0.5, 0.6) is 0 Å². The molecule has 1 rings (SSSR count). The molecule has 0 fully saturated rings. The van der Waals surface area contributed by atoms with Crippen LogP contribution >= 0.6 is 11.3 Å². The molecule has 0 aromatic carbocycles. The second-order valence-corrected chi connectivity index (χ2v) is 5.94. The molecule has 1 N–H and O–H groups in total. The molecule has 0 saturated heterocycles. The SMILES string of the molecule is CCc1csc(CC(NC)C(C)(C)C)n1. The second kappa shape index (κ2) is 5.08. The van der Waals surface area contributed by atoms with Gasteiger partial charge in [-0.05, 0) is 18.9 Å². The number of aromatic nitrogens is 1. The molecule has 0 radical (unpaired) electrons. The highest BCUT2D eigenvalue weighted by Crippen LogP contribution is 2.23. The van der Waals surface area contributed by atoms with Gasteiger partial charge in [-0.3, -0.25) is 0 Å². The van der Waals surface area contributed by atoms with Crippen LogP contribution in [0, 0.1) is 5.41 Å². The van der Waals surface area contributed by atoms with Crippen molar-refractivity contribution in [1.29, 1.82) is 0 Å². The Kier molecular flexibility index (Phi) is 4.29. The first kappa shape index (κ1) is 12.7. The molecule has 0 aliphatic carbocycles. The Bertz CT molecular complexity index is 299. The average molecular weight is 226 g/mol. The van der Waals surface area contributed by atoms with Crippen LogP contribution in [0.25, 0.3) is 0 Å². The molecule has 86 valence electrons. The third-order valence-corrected chi connectivity index (χ3v) is 3.65. The highest BCUT2D eigenvalue weighted by Gasteiger charge is 2.24. The van der Waals surface area contributed by atoms with Crippen molar-refractivity contribution in [1.82, 2.24) is 10.3 Å². The molecule has 2 nitrogen and oxygen atoms in total. The summed E-state index contributed by atoms with van der Waals surface area (Å²) in [6.45, 7) is 8.95. The highest BCUT2D eigenvalue weighted by atomic mass is 32.1. The number of hydrogen-bond acceptors (Lipinski definition) is 3. The van der Waals surface area contributed by atoms with Gasteiger partial charge in [0.05, 0.1) is 10.7 Å². The molecule has 15 heavy (non-hydrogen) atoms. The van der Waals surface area contributed by atoms with Gasteiger partial charge in [0.1, 0.15) is 0 Å². The van der Waals surface area contributed by atoms with Gasteiger partial charge in [-0.2, -0.15) is 0 Å². The average Bonchev–Trinajstić information content (AvgIpc) is 2.59. The lowest BCUT2D eigenvalue weighted by Crippen LogP contribution is -2.39. The fraction of sp³-hybridized carbons (Fsp3) is 0.750. The Hall–Kier alpha value is -0.410. The van der Waals surface area contributed by atoms with E-state index in [1.165, 1.54) is 10.7 Å². The molecule has 0 amide bonds. The van der Waals surface area contributed by atoms with Gasteiger partial charge in [0.15, 0.2) is 0 Å². The van der Waals surface area contributed by atoms with Crippen molar-refractivity contribution in [2.45, 2.75) is 46.6 Å². The molecule has 0 aliphatic rings. The van der Waals surface area contributed by atoms with E-state index in [0.29, 0.717) is 6.04 Å². The van der Waals surface area contributed by atoms with Crippen molar-refractivity contribution in [3.05, 3.63) is 16.1 Å². The number of hydrogen-bond donors (Lipinski definition) is 1. The lowest BCUT2D eigenvalue weighted by atomic mass is 9.85. The summed E-state index contributed by atoms with van der Waals surface area (Å²) < 4.78 is 0. The Morgan fingerprint density at radius 3 is 2.53 bits per heavy atom. The largest absolute Gasteiger partial charge is 0.316 e. The van der Waals surface area contributed by atoms with E-state index in [2.05, 4.69) is 43.4 Å². The topological polar surface area (TPSA) is 24.9 Å². The molecule has 1 aromatic rings. The second-order valence-electron chi connectivity index (χ2n) is 5.00. The summed E-state index contributed by atoms with van der Waals surface area (Å²) in [7, 11) is 2.03. The summed E-state index contributed by atoms with van der Waals surface area (Å²) in [4.78, 5) is 4.61.